The number of carbonyl (C=O) groups excluding carboxylic acids is 1. The van der Waals surface area contributed by atoms with Crippen LogP contribution in [0.4, 0.5) is 0 Å². The number of halogens is 1. The Balaban J connectivity index is 1.67. The van der Waals surface area contributed by atoms with Crippen molar-refractivity contribution < 1.29 is 9.53 Å². The molecule has 1 aromatic carbocycles. The molecule has 1 N–H and O–H groups in total. The zero-order valence-electron chi connectivity index (χ0n) is 10.9. The number of ether oxygens (including phenoxy) is 1. The van der Waals surface area contributed by atoms with E-state index in [1.54, 1.807) is 18.3 Å². The summed E-state index contributed by atoms with van der Waals surface area (Å²) in [5.74, 6) is 0.740. The molecule has 4 nitrogen and oxygen atoms in total. The second-order valence-electron chi connectivity index (χ2n) is 4.14. The minimum atomic E-state index is -0.104. The first-order valence-electron chi connectivity index (χ1n) is 6.33. The second kappa shape index (κ2) is 7.65. The Kier molecular flexibility index (Phi) is 5.55. The zero-order chi connectivity index (χ0) is 14.2. The topological polar surface area (TPSA) is 51.2 Å². The van der Waals surface area contributed by atoms with E-state index >= 15 is 0 Å². The standard InChI is InChI=1S/C15H15BrN2O2/c16-14-11-12(7-9-17-14)15(19)18-8-4-10-20-13-5-2-1-3-6-13/h1-3,5-7,9,11H,4,8,10H2,(H,18,19). The van der Waals surface area contributed by atoms with E-state index in [4.69, 9.17) is 4.74 Å². The number of carbonyl (C=O) groups is 1. The Bertz CT molecular complexity index is 561. The third kappa shape index (κ3) is 4.66. The highest BCUT2D eigenvalue weighted by Gasteiger charge is 2.05. The van der Waals surface area contributed by atoms with Crippen LogP contribution in [0.1, 0.15) is 16.8 Å². The number of nitrogens with zero attached hydrogens (tertiary/aromatic N) is 1. The monoisotopic (exact) mass is 334 g/mol. The molecular formula is C15H15BrN2O2. The smallest absolute Gasteiger partial charge is 0.251 e. The van der Waals surface area contributed by atoms with Gasteiger partial charge in [0.1, 0.15) is 10.4 Å². The molecule has 0 fully saturated rings. The molecule has 0 aliphatic heterocycles. The number of para-hydroxylation sites is 1. The summed E-state index contributed by atoms with van der Waals surface area (Å²) in [5, 5.41) is 2.84. The van der Waals surface area contributed by atoms with Crippen LogP contribution in [-0.2, 0) is 0 Å². The molecule has 104 valence electrons. The third-order valence-corrected chi connectivity index (χ3v) is 3.04. The van der Waals surface area contributed by atoms with Crippen molar-refractivity contribution in [3.05, 3.63) is 58.8 Å². The highest BCUT2D eigenvalue weighted by atomic mass is 79.9. The lowest BCUT2D eigenvalue weighted by Crippen LogP contribution is -2.25. The fraction of sp³-hybridized carbons (Fsp3) is 0.200. The minimum Gasteiger partial charge on any atom is -0.494 e. The average Bonchev–Trinajstić information content (AvgIpc) is 2.48. The van der Waals surface area contributed by atoms with Gasteiger partial charge in [0.25, 0.3) is 5.91 Å². The number of aromatic nitrogens is 1. The van der Waals surface area contributed by atoms with Crippen LogP contribution in [0.3, 0.4) is 0 Å². The molecule has 0 saturated heterocycles. The quantitative estimate of drug-likeness (QED) is 0.652. The number of rotatable bonds is 6. The number of hydrogen-bond donors (Lipinski definition) is 1. The van der Waals surface area contributed by atoms with E-state index in [0.717, 1.165) is 12.2 Å². The van der Waals surface area contributed by atoms with Crippen LogP contribution in [-0.4, -0.2) is 24.0 Å². The Morgan fingerprint density at radius 1 is 1.25 bits per heavy atom. The molecule has 0 radical (unpaired) electrons. The fourth-order valence-corrected chi connectivity index (χ4v) is 1.99. The summed E-state index contributed by atoms with van der Waals surface area (Å²) in [5.41, 5.74) is 0.593. The molecule has 2 aromatic rings. The summed E-state index contributed by atoms with van der Waals surface area (Å²) in [4.78, 5) is 15.8. The van der Waals surface area contributed by atoms with E-state index in [1.807, 2.05) is 30.3 Å². The molecule has 0 unspecified atom stereocenters. The van der Waals surface area contributed by atoms with Gasteiger partial charge in [-0.3, -0.25) is 4.79 Å². The van der Waals surface area contributed by atoms with Crippen molar-refractivity contribution in [3.63, 3.8) is 0 Å². The van der Waals surface area contributed by atoms with Gasteiger partial charge in [-0.15, -0.1) is 0 Å². The van der Waals surface area contributed by atoms with E-state index in [-0.39, 0.29) is 5.91 Å². The first kappa shape index (κ1) is 14.5. The third-order valence-electron chi connectivity index (χ3n) is 2.61. The van der Waals surface area contributed by atoms with Crippen LogP contribution < -0.4 is 10.1 Å². The van der Waals surface area contributed by atoms with Gasteiger partial charge in [-0.2, -0.15) is 0 Å². The predicted octanol–water partition coefficient (Wildman–Crippen LogP) is 3.04. The van der Waals surface area contributed by atoms with E-state index in [2.05, 4.69) is 26.2 Å². The number of hydrogen-bond acceptors (Lipinski definition) is 3. The molecule has 5 heteroatoms. The van der Waals surface area contributed by atoms with Gasteiger partial charge < -0.3 is 10.1 Å². The van der Waals surface area contributed by atoms with Crippen molar-refractivity contribution in [2.24, 2.45) is 0 Å². The first-order valence-corrected chi connectivity index (χ1v) is 7.12. The van der Waals surface area contributed by atoms with Gasteiger partial charge in [0, 0.05) is 18.3 Å². The van der Waals surface area contributed by atoms with Gasteiger partial charge in [-0.25, -0.2) is 4.98 Å². The number of nitrogens with one attached hydrogen (secondary N) is 1. The molecule has 1 aromatic heterocycles. The van der Waals surface area contributed by atoms with Crippen LogP contribution in [0.2, 0.25) is 0 Å². The maximum atomic E-state index is 11.8. The molecule has 0 spiro atoms. The summed E-state index contributed by atoms with van der Waals surface area (Å²) in [6, 6.07) is 13.0. The highest BCUT2D eigenvalue weighted by Crippen LogP contribution is 2.09. The molecule has 0 aliphatic rings. The van der Waals surface area contributed by atoms with Crippen LogP contribution in [0.5, 0.6) is 5.75 Å². The van der Waals surface area contributed by atoms with Crippen LogP contribution in [0, 0.1) is 0 Å². The number of benzene rings is 1. The lowest BCUT2D eigenvalue weighted by molar-refractivity contribution is 0.0951. The normalized spacial score (nSPS) is 10.1. The predicted molar refractivity (Wildman–Crippen MR) is 80.8 cm³/mol. The highest BCUT2D eigenvalue weighted by molar-refractivity contribution is 9.10. The van der Waals surface area contributed by atoms with E-state index in [9.17, 15) is 4.79 Å². The molecule has 1 amide bonds. The van der Waals surface area contributed by atoms with E-state index < -0.39 is 0 Å². The molecule has 20 heavy (non-hydrogen) atoms. The summed E-state index contributed by atoms with van der Waals surface area (Å²) in [7, 11) is 0. The van der Waals surface area contributed by atoms with Gasteiger partial charge in [-0.05, 0) is 46.6 Å². The molecule has 2 rings (SSSR count). The maximum absolute atomic E-state index is 11.8. The second-order valence-corrected chi connectivity index (χ2v) is 4.95. The molecule has 0 bridgehead atoms. The molecular weight excluding hydrogens is 320 g/mol. The van der Waals surface area contributed by atoms with Crippen LogP contribution in [0.15, 0.2) is 53.3 Å². The van der Waals surface area contributed by atoms with Crippen LogP contribution in [0.25, 0.3) is 0 Å². The van der Waals surface area contributed by atoms with Gasteiger partial charge in [0.2, 0.25) is 0 Å². The first-order chi connectivity index (χ1) is 9.75. The Labute approximate surface area is 126 Å². The van der Waals surface area contributed by atoms with E-state index in [0.29, 0.717) is 23.3 Å². The van der Waals surface area contributed by atoms with E-state index in [1.165, 1.54) is 0 Å². The zero-order valence-corrected chi connectivity index (χ0v) is 12.5. The largest absolute Gasteiger partial charge is 0.494 e. The maximum Gasteiger partial charge on any atom is 0.251 e. The summed E-state index contributed by atoms with van der Waals surface area (Å²) in [6.45, 7) is 1.15. The Morgan fingerprint density at radius 3 is 2.80 bits per heavy atom. The van der Waals surface area contributed by atoms with Crippen molar-refractivity contribution in [2.45, 2.75) is 6.42 Å². The van der Waals surface area contributed by atoms with Crippen molar-refractivity contribution in [2.75, 3.05) is 13.2 Å². The summed E-state index contributed by atoms with van der Waals surface area (Å²) >= 11 is 3.24. The van der Waals surface area contributed by atoms with Crippen molar-refractivity contribution >= 4 is 21.8 Å². The molecule has 0 saturated carbocycles. The van der Waals surface area contributed by atoms with Crippen LogP contribution >= 0.6 is 15.9 Å². The van der Waals surface area contributed by atoms with Crippen molar-refractivity contribution in [1.29, 1.82) is 0 Å². The lowest BCUT2D eigenvalue weighted by atomic mass is 10.2. The lowest BCUT2D eigenvalue weighted by Gasteiger charge is -2.07. The SMILES string of the molecule is O=C(NCCCOc1ccccc1)c1ccnc(Br)c1. The Hall–Kier alpha value is -1.88. The van der Waals surface area contributed by atoms with Crippen molar-refractivity contribution in [3.8, 4) is 5.75 Å². The molecule has 0 aliphatic carbocycles. The fourth-order valence-electron chi connectivity index (χ4n) is 1.63. The molecule has 1 heterocycles. The summed E-state index contributed by atoms with van der Waals surface area (Å²) < 4.78 is 6.19. The van der Waals surface area contributed by atoms with Gasteiger partial charge in [-0.1, -0.05) is 18.2 Å². The number of amides is 1. The van der Waals surface area contributed by atoms with Crippen molar-refractivity contribution in [1.82, 2.24) is 10.3 Å². The average molecular weight is 335 g/mol. The summed E-state index contributed by atoms with van der Waals surface area (Å²) in [6.07, 6.45) is 2.35. The molecule has 0 atom stereocenters. The minimum absolute atomic E-state index is 0.104. The number of pyridine rings is 1. The Morgan fingerprint density at radius 2 is 2.05 bits per heavy atom. The van der Waals surface area contributed by atoms with Gasteiger partial charge >= 0.3 is 0 Å². The van der Waals surface area contributed by atoms with Gasteiger partial charge in [0.15, 0.2) is 0 Å². The van der Waals surface area contributed by atoms with Gasteiger partial charge in [0.05, 0.1) is 6.61 Å².